The van der Waals surface area contributed by atoms with E-state index < -0.39 is 15.9 Å². The number of aromatic nitrogens is 1. The molecule has 0 aliphatic heterocycles. The van der Waals surface area contributed by atoms with Crippen LogP contribution in [-0.4, -0.2) is 63.4 Å². The molecule has 0 aliphatic rings. The average molecular weight is 647 g/mol. The Kier molecular flexibility index (Phi) is 10.9. The molecule has 4 aromatic rings. The number of aryl methyl sites for hydroxylation is 1. The fraction of sp³-hybridized carbons (Fsp3) is 0.343. The van der Waals surface area contributed by atoms with Crippen LogP contribution in [0.15, 0.2) is 71.8 Å². The molecular formula is C35H42N4O6S. The van der Waals surface area contributed by atoms with Crippen molar-refractivity contribution >= 4 is 38.6 Å². The van der Waals surface area contributed by atoms with Gasteiger partial charge in [-0.3, -0.25) is 14.4 Å². The van der Waals surface area contributed by atoms with Crippen LogP contribution in [0.2, 0.25) is 0 Å². The average Bonchev–Trinajstić information content (AvgIpc) is 3.35. The summed E-state index contributed by atoms with van der Waals surface area (Å²) in [6.45, 7) is 6.38. The van der Waals surface area contributed by atoms with Crippen LogP contribution in [0, 0.1) is 12.8 Å². The van der Waals surface area contributed by atoms with Gasteiger partial charge in [0.2, 0.25) is 11.8 Å². The number of nitrogens with zero attached hydrogens (tertiary/aromatic N) is 2. The zero-order valence-corrected chi connectivity index (χ0v) is 28.0. The zero-order chi connectivity index (χ0) is 33.6. The number of hydrogen-bond acceptors (Lipinski definition) is 6. The number of ether oxygens (including phenoxy) is 1. The lowest BCUT2D eigenvalue weighted by atomic mass is 9.97. The number of rotatable bonds is 13. The van der Waals surface area contributed by atoms with Gasteiger partial charge in [0.15, 0.2) is 0 Å². The second-order valence-corrected chi connectivity index (χ2v) is 13.4. The molecule has 0 aliphatic carbocycles. The number of benzene rings is 3. The van der Waals surface area contributed by atoms with Gasteiger partial charge in [-0.05, 0) is 72.4 Å². The topological polar surface area (TPSA) is 127 Å². The number of nitrogens with one attached hydrogen (secondary N) is 2. The van der Waals surface area contributed by atoms with Gasteiger partial charge in [-0.2, -0.15) is 0 Å². The van der Waals surface area contributed by atoms with Crippen molar-refractivity contribution in [3.63, 3.8) is 0 Å². The highest BCUT2D eigenvalue weighted by molar-refractivity contribution is 7.90. The van der Waals surface area contributed by atoms with Gasteiger partial charge < -0.3 is 19.5 Å². The summed E-state index contributed by atoms with van der Waals surface area (Å²) in [5.74, 6) is -0.602. The molecule has 244 valence electrons. The predicted molar refractivity (Wildman–Crippen MR) is 178 cm³/mol. The molecule has 1 atom stereocenters. The number of methoxy groups -OCH3 is 1. The highest BCUT2D eigenvalue weighted by Crippen LogP contribution is 2.30. The SMILES string of the molecule is CCCNC(=O)C(C)Cc1ccc2c(c1)c(Cc1ccc(C(=O)NS(=O)(=O)c3ccccc3C)cc1OC)cn2CC(=O)N(C)C. The number of amides is 3. The number of hydrogen-bond donors (Lipinski definition) is 2. The Hall–Kier alpha value is -4.64. The molecule has 0 radical (unpaired) electrons. The van der Waals surface area contributed by atoms with Gasteiger partial charge in [0, 0.05) is 55.6 Å². The third kappa shape index (κ3) is 7.95. The van der Waals surface area contributed by atoms with E-state index >= 15 is 0 Å². The highest BCUT2D eigenvalue weighted by atomic mass is 32.2. The summed E-state index contributed by atoms with van der Waals surface area (Å²) in [5.41, 5.74) is 4.25. The van der Waals surface area contributed by atoms with Gasteiger partial charge in [-0.1, -0.05) is 44.2 Å². The van der Waals surface area contributed by atoms with E-state index in [2.05, 4.69) is 16.1 Å². The molecule has 46 heavy (non-hydrogen) atoms. The quantitative estimate of drug-likeness (QED) is 0.221. The lowest BCUT2D eigenvalue weighted by Gasteiger charge is -2.13. The first-order valence-electron chi connectivity index (χ1n) is 15.2. The maximum Gasteiger partial charge on any atom is 0.265 e. The Labute approximate surface area is 270 Å². The van der Waals surface area contributed by atoms with E-state index in [9.17, 15) is 22.8 Å². The lowest BCUT2D eigenvalue weighted by molar-refractivity contribution is -0.129. The first-order chi connectivity index (χ1) is 21.8. The third-order valence-electron chi connectivity index (χ3n) is 7.91. The summed E-state index contributed by atoms with van der Waals surface area (Å²) in [6.07, 6.45) is 3.80. The van der Waals surface area contributed by atoms with Gasteiger partial charge in [-0.15, -0.1) is 0 Å². The molecule has 0 bridgehead atoms. The molecule has 1 aromatic heterocycles. The molecule has 10 nitrogen and oxygen atoms in total. The van der Waals surface area contributed by atoms with Crippen LogP contribution in [0.1, 0.15) is 52.9 Å². The third-order valence-corrected chi connectivity index (χ3v) is 9.40. The predicted octanol–water partition coefficient (Wildman–Crippen LogP) is 4.46. The van der Waals surface area contributed by atoms with Crippen LogP contribution in [0.5, 0.6) is 5.75 Å². The standard InChI is InChI=1S/C35H42N4O6S/c1-7-16-36-34(41)24(3)17-25-12-15-30-29(18-25)28(21-39(30)22-33(40)38(4)5)19-26-13-14-27(20-31(26)45-6)35(42)37-46(43,44)32-11-9-8-10-23(32)2/h8-15,18,20-21,24H,7,16-17,19,22H2,1-6H3,(H,36,41)(H,37,42). The fourth-order valence-electron chi connectivity index (χ4n) is 5.30. The van der Waals surface area contributed by atoms with Crippen LogP contribution in [0.25, 0.3) is 10.9 Å². The molecule has 0 fully saturated rings. The van der Waals surface area contributed by atoms with Crippen LogP contribution in [0.4, 0.5) is 0 Å². The number of fused-ring (bicyclic) bond motifs is 1. The van der Waals surface area contributed by atoms with Gasteiger partial charge in [0.1, 0.15) is 12.3 Å². The van der Waals surface area contributed by atoms with E-state index in [0.29, 0.717) is 30.7 Å². The lowest BCUT2D eigenvalue weighted by Crippen LogP contribution is -2.31. The van der Waals surface area contributed by atoms with Crippen molar-refractivity contribution in [3.05, 3.63) is 94.7 Å². The summed E-state index contributed by atoms with van der Waals surface area (Å²) >= 11 is 0. The van der Waals surface area contributed by atoms with Crippen molar-refractivity contribution in [2.45, 2.75) is 51.5 Å². The minimum Gasteiger partial charge on any atom is -0.496 e. The van der Waals surface area contributed by atoms with Gasteiger partial charge >= 0.3 is 0 Å². The number of sulfonamides is 1. The normalized spacial score (nSPS) is 12.0. The molecular weight excluding hydrogens is 604 g/mol. The van der Waals surface area contributed by atoms with Crippen molar-refractivity contribution in [2.24, 2.45) is 5.92 Å². The summed E-state index contributed by atoms with van der Waals surface area (Å²) in [7, 11) is 0.846. The van der Waals surface area contributed by atoms with Crippen LogP contribution in [0.3, 0.4) is 0 Å². The summed E-state index contributed by atoms with van der Waals surface area (Å²) in [5, 5.41) is 3.90. The summed E-state index contributed by atoms with van der Waals surface area (Å²) < 4.78 is 35.5. The van der Waals surface area contributed by atoms with Gasteiger partial charge in [-0.25, -0.2) is 13.1 Å². The zero-order valence-electron chi connectivity index (χ0n) is 27.2. The van der Waals surface area contributed by atoms with Gasteiger partial charge in [0.05, 0.1) is 12.0 Å². The van der Waals surface area contributed by atoms with E-state index in [4.69, 9.17) is 4.74 Å². The Morgan fingerprint density at radius 2 is 1.74 bits per heavy atom. The smallest absolute Gasteiger partial charge is 0.265 e. The largest absolute Gasteiger partial charge is 0.496 e. The number of likely N-dealkylation sites (N-methyl/N-ethyl adjacent to an activating group) is 1. The maximum atomic E-state index is 13.0. The minimum absolute atomic E-state index is 0.0110. The van der Waals surface area contributed by atoms with E-state index in [-0.39, 0.29) is 34.7 Å². The van der Waals surface area contributed by atoms with Crippen LogP contribution in [-0.2, 0) is 39.0 Å². The molecule has 1 heterocycles. The molecule has 0 saturated heterocycles. The van der Waals surface area contributed by atoms with Crippen LogP contribution < -0.4 is 14.8 Å². The van der Waals surface area contributed by atoms with E-state index in [0.717, 1.165) is 34.0 Å². The first kappa shape index (κ1) is 34.2. The van der Waals surface area contributed by atoms with Crippen molar-refractivity contribution in [1.29, 1.82) is 0 Å². The molecule has 2 N–H and O–H groups in total. The molecule has 0 saturated carbocycles. The molecule has 11 heteroatoms. The van der Waals surface area contributed by atoms with Crippen molar-refractivity contribution < 1.29 is 27.5 Å². The molecule has 1 unspecified atom stereocenters. The second-order valence-electron chi connectivity index (χ2n) is 11.7. The second kappa shape index (κ2) is 14.6. The number of carbonyl (C=O) groups excluding carboxylic acids is 3. The van der Waals surface area contributed by atoms with Crippen LogP contribution >= 0.6 is 0 Å². The monoisotopic (exact) mass is 646 g/mol. The fourth-order valence-corrected chi connectivity index (χ4v) is 6.52. The first-order valence-corrected chi connectivity index (χ1v) is 16.7. The summed E-state index contributed by atoms with van der Waals surface area (Å²) in [4.78, 5) is 39.8. The molecule has 0 spiro atoms. The van der Waals surface area contributed by atoms with Crippen molar-refractivity contribution in [2.75, 3.05) is 27.7 Å². The Morgan fingerprint density at radius 3 is 2.41 bits per heavy atom. The summed E-state index contributed by atoms with van der Waals surface area (Å²) in [6, 6.07) is 17.3. The minimum atomic E-state index is -4.08. The molecule has 3 aromatic carbocycles. The highest BCUT2D eigenvalue weighted by Gasteiger charge is 2.22. The Balaban J connectivity index is 1.65. The number of carbonyl (C=O) groups is 3. The Bertz CT molecular complexity index is 1860. The van der Waals surface area contributed by atoms with E-state index in [1.807, 2.05) is 36.7 Å². The van der Waals surface area contributed by atoms with E-state index in [1.165, 1.54) is 19.2 Å². The Morgan fingerprint density at radius 1 is 1.00 bits per heavy atom. The van der Waals surface area contributed by atoms with Crippen molar-refractivity contribution in [3.8, 4) is 5.75 Å². The van der Waals surface area contributed by atoms with Gasteiger partial charge in [0.25, 0.3) is 15.9 Å². The van der Waals surface area contributed by atoms with E-state index in [1.54, 1.807) is 56.3 Å². The van der Waals surface area contributed by atoms with Crippen molar-refractivity contribution in [1.82, 2.24) is 19.5 Å². The molecule has 4 rings (SSSR count). The molecule has 3 amide bonds. The maximum absolute atomic E-state index is 13.0.